The minimum Gasteiger partial charge on any atom is -0.394 e. The Morgan fingerprint density at radius 2 is 1.00 bits per heavy atom. The fourth-order valence-corrected chi connectivity index (χ4v) is 3.92. The second kappa shape index (κ2) is 23.9. The second-order valence-corrected chi connectivity index (χ2v) is 9.26. The molecule has 2 unspecified atom stereocenters. The Labute approximate surface area is 192 Å². The molecule has 0 bridgehead atoms. The molecule has 3 N–H and O–H groups in total. The summed E-state index contributed by atoms with van der Waals surface area (Å²) in [5, 5.41) is 27.6. The number of allylic oxidation sites excluding steroid dienone is 2. The monoisotopic (exact) mass is 440 g/mol. The molecule has 4 nitrogen and oxygen atoms in total. The lowest BCUT2D eigenvalue weighted by Gasteiger charge is -2.14. The number of hydrogen-bond donors (Lipinski definition) is 3. The van der Waals surface area contributed by atoms with E-state index in [9.17, 15) is 15.0 Å². The molecule has 4 heteroatoms. The Kier molecular flexibility index (Phi) is 23.4. The van der Waals surface area contributed by atoms with Crippen molar-refractivity contribution in [3.8, 4) is 0 Å². The molecule has 2 atom stereocenters. The van der Waals surface area contributed by atoms with Gasteiger partial charge in [0.1, 0.15) is 11.9 Å². The number of carbonyl (C=O) groups is 1. The molecule has 0 saturated carbocycles. The van der Waals surface area contributed by atoms with Crippen molar-refractivity contribution in [3.05, 3.63) is 12.2 Å². The molecule has 184 valence electrons. The van der Waals surface area contributed by atoms with Crippen LogP contribution in [0.4, 0.5) is 0 Å². The zero-order valence-electron chi connectivity index (χ0n) is 20.4. The summed E-state index contributed by atoms with van der Waals surface area (Å²) in [4.78, 5) is 10.9. The molecule has 0 saturated heterocycles. The van der Waals surface area contributed by atoms with Crippen molar-refractivity contribution in [1.82, 2.24) is 0 Å². The number of ketones is 1. The molecule has 0 aromatic carbocycles. The summed E-state index contributed by atoms with van der Waals surface area (Å²) in [6.07, 6.45) is 26.7. The molecule has 0 aromatic rings. The van der Waals surface area contributed by atoms with E-state index in [1.54, 1.807) is 6.92 Å². The van der Waals surface area contributed by atoms with Gasteiger partial charge in [0.05, 0.1) is 12.7 Å². The smallest absolute Gasteiger partial charge is 0.129 e. The van der Waals surface area contributed by atoms with Crippen molar-refractivity contribution >= 4 is 5.78 Å². The van der Waals surface area contributed by atoms with Crippen LogP contribution in [-0.4, -0.2) is 39.9 Å². The zero-order valence-corrected chi connectivity index (χ0v) is 20.4. The third-order valence-electron chi connectivity index (χ3n) is 6.07. The molecular weight excluding hydrogens is 388 g/mol. The SMILES string of the molecule is CC(=O)CCCCCCCC/C=C/CCCCCCCCCCCCC(O)C(O)CO. The number of Topliss-reactive ketones (excluding diaryl/α,β-unsaturated/α-hetero) is 1. The lowest BCUT2D eigenvalue weighted by atomic mass is 10.0. The van der Waals surface area contributed by atoms with Gasteiger partial charge in [-0.1, -0.05) is 95.6 Å². The molecule has 0 aliphatic carbocycles. The van der Waals surface area contributed by atoms with Crippen LogP contribution in [-0.2, 0) is 4.79 Å². The standard InChI is InChI=1S/C27H52O4/c1-25(29)22-20-18-16-14-12-10-8-6-4-2-3-5-7-9-11-13-15-17-19-21-23-26(30)27(31)24-28/h4,6,26-28,30-31H,2-3,5,7-24H2,1H3/b6-4+. The highest BCUT2D eigenvalue weighted by molar-refractivity contribution is 5.75. The summed E-state index contributed by atoms with van der Waals surface area (Å²) in [6, 6.07) is 0. The van der Waals surface area contributed by atoms with Crippen molar-refractivity contribution in [1.29, 1.82) is 0 Å². The van der Waals surface area contributed by atoms with Crippen LogP contribution in [0.3, 0.4) is 0 Å². The topological polar surface area (TPSA) is 77.8 Å². The lowest BCUT2D eigenvalue weighted by molar-refractivity contribution is -0.117. The molecule has 0 aliphatic heterocycles. The van der Waals surface area contributed by atoms with Gasteiger partial charge >= 0.3 is 0 Å². The van der Waals surface area contributed by atoms with Gasteiger partial charge in [-0.3, -0.25) is 0 Å². The van der Waals surface area contributed by atoms with E-state index >= 15 is 0 Å². The predicted molar refractivity (Wildman–Crippen MR) is 131 cm³/mol. The lowest BCUT2D eigenvalue weighted by Crippen LogP contribution is -2.28. The van der Waals surface area contributed by atoms with Crippen LogP contribution < -0.4 is 0 Å². The third-order valence-corrected chi connectivity index (χ3v) is 6.07. The maximum Gasteiger partial charge on any atom is 0.129 e. The van der Waals surface area contributed by atoms with Crippen LogP contribution in [0.1, 0.15) is 135 Å². The first-order chi connectivity index (χ1) is 15.1. The van der Waals surface area contributed by atoms with Gasteiger partial charge in [0.15, 0.2) is 0 Å². The fraction of sp³-hybridized carbons (Fsp3) is 0.889. The van der Waals surface area contributed by atoms with Crippen LogP contribution >= 0.6 is 0 Å². The van der Waals surface area contributed by atoms with Crippen molar-refractivity contribution in [2.24, 2.45) is 0 Å². The van der Waals surface area contributed by atoms with Crippen LogP contribution in [0.2, 0.25) is 0 Å². The summed E-state index contributed by atoms with van der Waals surface area (Å²) in [5.41, 5.74) is 0. The number of unbranched alkanes of at least 4 members (excludes halogenated alkanes) is 16. The molecule has 0 heterocycles. The van der Waals surface area contributed by atoms with E-state index in [0.29, 0.717) is 12.2 Å². The Bertz CT molecular complexity index is 408. The van der Waals surface area contributed by atoms with Gasteiger partial charge in [-0.05, 0) is 45.4 Å². The van der Waals surface area contributed by atoms with Gasteiger partial charge < -0.3 is 20.1 Å². The second-order valence-electron chi connectivity index (χ2n) is 9.26. The third kappa shape index (κ3) is 23.8. The number of rotatable bonds is 24. The van der Waals surface area contributed by atoms with Crippen LogP contribution in [0, 0.1) is 0 Å². The minimum atomic E-state index is -0.985. The Hall–Kier alpha value is -0.710. The van der Waals surface area contributed by atoms with E-state index in [1.807, 2.05) is 0 Å². The van der Waals surface area contributed by atoms with Crippen molar-refractivity contribution in [2.45, 2.75) is 148 Å². The number of hydrogen-bond acceptors (Lipinski definition) is 4. The molecule has 0 fully saturated rings. The molecular formula is C27H52O4. The Morgan fingerprint density at radius 3 is 1.42 bits per heavy atom. The highest BCUT2D eigenvalue weighted by Gasteiger charge is 2.13. The summed E-state index contributed by atoms with van der Waals surface area (Å²) in [7, 11) is 0. The average molecular weight is 441 g/mol. The maximum atomic E-state index is 10.9. The first-order valence-electron chi connectivity index (χ1n) is 13.2. The van der Waals surface area contributed by atoms with E-state index in [-0.39, 0.29) is 6.61 Å². The van der Waals surface area contributed by atoms with Crippen molar-refractivity contribution < 1.29 is 20.1 Å². The largest absolute Gasteiger partial charge is 0.394 e. The van der Waals surface area contributed by atoms with E-state index in [2.05, 4.69) is 12.2 Å². The maximum absolute atomic E-state index is 10.9. The zero-order chi connectivity index (χ0) is 23.0. The van der Waals surface area contributed by atoms with Crippen LogP contribution in [0.5, 0.6) is 0 Å². The Balaban J connectivity index is 3.17. The van der Waals surface area contributed by atoms with Crippen LogP contribution in [0.25, 0.3) is 0 Å². The first kappa shape index (κ1) is 30.3. The van der Waals surface area contributed by atoms with Crippen molar-refractivity contribution in [2.75, 3.05) is 6.61 Å². The molecule has 0 aliphatic rings. The van der Waals surface area contributed by atoms with Gasteiger partial charge in [-0.15, -0.1) is 0 Å². The van der Waals surface area contributed by atoms with Crippen molar-refractivity contribution in [3.63, 3.8) is 0 Å². The van der Waals surface area contributed by atoms with E-state index < -0.39 is 12.2 Å². The number of carbonyl (C=O) groups excluding carboxylic acids is 1. The van der Waals surface area contributed by atoms with Crippen LogP contribution in [0.15, 0.2) is 12.2 Å². The average Bonchev–Trinajstić information content (AvgIpc) is 2.76. The normalized spacial score (nSPS) is 13.7. The van der Waals surface area contributed by atoms with E-state index in [1.165, 1.54) is 96.3 Å². The molecule has 31 heavy (non-hydrogen) atoms. The van der Waals surface area contributed by atoms with Gasteiger partial charge in [0, 0.05) is 6.42 Å². The van der Waals surface area contributed by atoms with Gasteiger partial charge in [-0.2, -0.15) is 0 Å². The summed E-state index contributed by atoms with van der Waals surface area (Å²) >= 11 is 0. The molecule has 0 radical (unpaired) electrons. The molecule has 0 aromatic heterocycles. The first-order valence-corrected chi connectivity index (χ1v) is 13.2. The van der Waals surface area contributed by atoms with E-state index in [0.717, 1.165) is 25.7 Å². The molecule has 0 rings (SSSR count). The quantitative estimate of drug-likeness (QED) is 0.116. The molecule has 0 spiro atoms. The highest BCUT2D eigenvalue weighted by atomic mass is 16.4. The fourth-order valence-electron chi connectivity index (χ4n) is 3.92. The van der Waals surface area contributed by atoms with Gasteiger partial charge in [-0.25, -0.2) is 0 Å². The molecule has 0 amide bonds. The van der Waals surface area contributed by atoms with Gasteiger partial charge in [0.25, 0.3) is 0 Å². The van der Waals surface area contributed by atoms with E-state index in [4.69, 9.17) is 5.11 Å². The number of aliphatic hydroxyl groups is 3. The predicted octanol–water partition coefficient (Wildman–Crippen LogP) is 6.65. The van der Waals surface area contributed by atoms with Gasteiger partial charge in [0.2, 0.25) is 0 Å². The minimum absolute atomic E-state index is 0.323. The number of aliphatic hydroxyl groups excluding tert-OH is 3. The summed E-state index contributed by atoms with van der Waals surface area (Å²) in [5.74, 6) is 0.323. The highest BCUT2D eigenvalue weighted by Crippen LogP contribution is 2.14. The summed E-state index contributed by atoms with van der Waals surface area (Å²) in [6.45, 7) is 1.33. The Morgan fingerprint density at radius 1 is 0.613 bits per heavy atom. The summed E-state index contributed by atoms with van der Waals surface area (Å²) < 4.78 is 0.